The van der Waals surface area contributed by atoms with E-state index in [1.165, 1.54) is 21.8 Å². The van der Waals surface area contributed by atoms with Gasteiger partial charge >= 0.3 is 0 Å². The van der Waals surface area contributed by atoms with E-state index in [0.717, 1.165) is 33.5 Å². The molecule has 0 aliphatic carbocycles. The van der Waals surface area contributed by atoms with Gasteiger partial charge in [-0.05, 0) is 48.0 Å². The third-order valence-corrected chi connectivity index (χ3v) is 6.46. The number of rotatable bonds is 3. The molecule has 0 saturated carbocycles. The Morgan fingerprint density at radius 3 is 1.88 bits per heavy atom. The van der Waals surface area contributed by atoms with Gasteiger partial charge in [0.2, 0.25) is 5.89 Å². The molecule has 34 heavy (non-hydrogen) atoms. The zero-order valence-electron chi connectivity index (χ0n) is 18.3. The molecule has 0 aliphatic rings. The molecule has 2 aromatic heterocycles. The monoisotopic (exact) mass is 436 g/mol. The number of benzene rings is 5. The van der Waals surface area contributed by atoms with Crippen LogP contribution in [0.1, 0.15) is 0 Å². The van der Waals surface area contributed by atoms with Gasteiger partial charge in [0, 0.05) is 27.6 Å². The average Bonchev–Trinajstić information content (AvgIpc) is 3.49. The molecule has 0 radical (unpaired) electrons. The molecule has 0 spiro atoms. The van der Waals surface area contributed by atoms with Crippen LogP contribution in [0.25, 0.3) is 61.2 Å². The zero-order chi connectivity index (χ0) is 22.5. The molecule has 0 atom stereocenters. The predicted octanol–water partition coefficient (Wildman–Crippen LogP) is 8.26. The van der Waals surface area contributed by atoms with Crippen LogP contribution in [0.3, 0.4) is 0 Å². The van der Waals surface area contributed by atoms with Crippen LogP contribution in [0.4, 0.5) is 0 Å². The van der Waals surface area contributed by atoms with Gasteiger partial charge in [-0.2, -0.15) is 0 Å². The summed E-state index contributed by atoms with van der Waals surface area (Å²) in [6, 6.07) is 42.0. The molecule has 0 amide bonds. The van der Waals surface area contributed by atoms with E-state index >= 15 is 0 Å². The minimum absolute atomic E-state index is 0.632. The van der Waals surface area contributed by atoms with Gasteiger partial charge in [0.05, 0.1) is 11.0 Å². The van der Waals surface area contributed by atoms with Gasteiger partial charge in [0.25, 0.3) is 0 Å². The lowest BCUT2D eigenvalue weighted by Gasteiger charge is -2.08. The molecule has 7 aromatic rings. The summed E-state index contributed by atoms with van der Waals surface area (Å²) in [4.78, 5) is 4.88. The number of nitrogens with zero attached hydrogens (tertiary/aromatic N) is 2. The van der Waals surface area contributed by atoms with Crippen molar-refractivity contribution in [3.63, 3.8) is 0 Å². The molecule has 3 nitrogen and oxygen atoms in total. The summed E-state index contributed by atoms with van der Waals surface area (Å²) < 4.78 is 8.48. The molecule has 2 heterocycles. The Morgan fingerprint density at radius 1 is 0.529 bits per heavy atom. The first-order valence-corrected chi connectivity index (χ1v) is 11.4. The molecule has 0 aliphatic heterocycles. The second-order valence-electron chi connectivity index (χ2n) is 8.45. The van der Waals surface area contributed by atoms with Crippen LogP contribution >= 0.6 is 0 Å². The van der Waals surface area contributed by atoms with Crippen molar-refractivity contribution < 1.29 is 4.42 Å². The molecule has 3 heteroatoms. The summed E-state index contributed by atoms with van der Waals surface area (Å²) in [7, 11) is 0. The highest BCUT2D eigenvalue weighted by Gasteiger charge is 2.14. The van der Waals surface area contributed by atoms with Gasteiger partial charge in [-0.1, -0.05) is 78.9 Å². The highest BCUT2D eigenvalue weighted by Crippen LogP contribution is 2.34. The fourth-order valence-electron chi connectivity index (χ4n) is 4.88. The number of para-hydroxylation sites is 3. The number of aromatic nitrogens is 2. The lowest BCUT2D eigenvalue weighted by Crippen LogP contribution is -1.93. The van der Waals surface area contributed by atoms with Gasteiger partial charge in [-0.3, -0.25) is 0 Å². The Morgan fingerprint density at radius 2 is 1.18 bits per heavy atom. The van der Waals surface area contributed by atoms with Crippen molar-refractivity contribution in [1.29, 1.82) is 0 Å². The summed E-state index contributed by atoms with van der Waals surface area (Å²) in [5.41, 5.74) is 8.36. The fraction of sp³-hybridized carbons (Fsp3) is 0. The molecule has 0 bridgehead atoms. The minimum Gasteiger partial charge on any atom is -0.436 e. The van der Waals surface area contributed by atoms with Gasteiger partial charge < -0.3 is 8.98 Å². The SMILES string of the molecule is c1ccc(-c2cccc3oc(-c4ccc(-n5c6ccccc6c6ccccc65)cc4)nc23)cc1. The van der Waals surface area contributed by atoms with Crippen molar-refractivity contribution in [2.24, 2.45) is 0 Å². The topological polar surface area (TPSA) is 31.0 Å². The normalized spacial score (nSPS) is 11.5. The smallest absolute Gasteiger partial charge is 0.227 e. The van der Waals surface area contributed by atoms with E-state index in [2.05, 4.69) is 95.6 Å². The highest BCUT2D eigenvalue weighted by atomic mass is 16.3. The van der Waals surface area contributed by atoms with Crippen LogP contribution in [0.5, 0.6) is 0 Å². The summed E-state index contributed by atoms with van der Waals surface area (Å²) in [5, 5.41) is 2.52. The Balaban J connectivity index is 1.34. The first kappa shape index (κ1) is 18.9. The fourth-order valence-corrected chi connectivity index (χ4v) is 4.88. The van der Waals surface area contributed by atoms with Crippen molar-refractivity contribution in [2.45, 2.75) is 0 Å². The molecule has 0 unspecified atom stereocenters. The van der Waals surface area contributed by atoms with Gasteiger partial charge in [-0.15, -0.1) is 0 Å². The van der Waals surface area contributed by atoms with E-state index in [1.54, 1.807) is 0 Å². The van der Waals surface area contributed by atoms with E-state index in [0.29, 0.717) is 5.89 Å². The number of fused-ring (bicyclic) bond motifs is 4. The van der Waals surface area contributed by atoms with E-state index in [9.17, 15) is 0 Å². The first-order chi connectivity index (χ1) is 16.9. The second kappa shape index (κ2) is 7.46. The number of oxazole rings is 1. The van der Waals surface area contributed by atoms with E-state index < -0.39 is 0 Å². The maximum atomic E-state index is 6.17. The predicted molar refractivity (Wildman–Crippen MR) is 139 cm³/mol. The van der Waals surface area contributed by atoms with Crippen molar-refractivity contribution in [3.8, 4) is 28.3 Å². The van der Waals surface area contributed by atoms with Crippen molar-refractivity contribution in [1.82, 2.24) is 9.55 Å². The van der Waals surface area contributed by atoms with Gasteiger partial charge in [-0.25, -0.2) is 4.98 Å². The summed E-state index contributed by atoms with van der Waals surface area (Å²) in [6.45, 7) is 0. The minimum atomic E-state index is 0.632. The van der Waals surface area contributed by atoms with Crippen LogP contribution in [0.15, 0.2) is 126 Å². The van der Waals surface area contributed by atoms with Crippen LogP contribution < -0.4 is 0 Å². The van der Waals surface area contributed by atoms with E-state index in [-0.39, 0.29) is 0 Å². The molecule has 0 fully saturated rings. The molecule has 7 rings (SSSR count). The maximum Gasteiger partial charge on any atom is 0.227 e. The maximum absolute atomic E-state index is 6.17. The second-order valence-corrected chi connectivity index (χ2v) is 8.45. The van der Waals surface area contributed by atoms with E-state index in [4.69, 9.17) is 9.40 Å². The molecule has 160 valence electrons. The summed E-state index contributed by atoms with van der Waals surface area (Å²) >= 11 is 0. The summed E-state index contributed by atoms with van der Waals surface area (Å²) in [5.74, 6) is 0.632. The van der Waals surface area contributed by atoms with Crippen LogP contribution in [-0.4, -0.2) is 9.55 Å². The zero-order valence-corrected chi connectivity index (χ0v) is 18.3. The van der Waals surface area contributed by atoms with Crippen LogP contribution in [0, 0.1) is 0 Å². The first-order valence-electron chi connectivity index (χ1n) is 11.4. The highest BCUT2D eigenvalue weighted by molar-refractivity contribution is 6.09. The van der Waals surface area contributed by atoms with Crippen molar-refractivity contribution in [2.75, 3.05) is 0 Å². The third-order valence-electron chi connectivity index (χ3n) is 6.46. The lowest BCUT2D eigenvalue weighted by molar-refractivity contribution is 0.620. The van der Waals surface area contributed by atoms with Crippen molar-refractivity contribution >= 4 is 32.9 Å². The van der Waals surface area contributed by atoms with Crippen molar-refractivity contribution in [3.05, 3.63) is 121 Å². The van der Waals surface area contributed by atoms with Crippen LogP contribution in [0.2, 0.25) is 0 Å². The van der Waals surface area contributed by atoms with Gasteiger partial charge in [0.15, 0.2) is 5.58 Å². The molecular formula is C31H20N2O. The van der Waals surface area contributed by atoms with E-state index in [1.807, 2.05) is 30.3 Å². The number of hydrogen-bond donors (Lipinski definition) is 0. The third kappa shape index (κ3) is 2.87. The molecule has 0 N–H and O–H groups in total. The largest absolute Gasteiger partial charge is 0.436 e. The average molecular weight is 437 g/mol. The Bertz CT molecular complexity index is 1740. The summed E-state index contributed by atoms with van der Waals surface area (Å²) in [6.07, 6.45) is 0. The molecule has 0 saturated heterocycles. The Labute approximate surface area is 196 Å². The molecule has 5 aromatic carbocycles. The Kier molecular flexibility index (Phi) is 4.15. The van der Waals surface area contributed by atoms with Crippen LogP contribution in [-0.2, 0) is 0 Å². The quantitative estimate of drug-likeness (QED) is 0.279. The standard InChI is InChI=1S/C31H20N2O/c1-2-9-21(10-3-1)24-13-8-16-29-30(24)32-31(34-29)22-17-19-23(20-18-22)33-27-14-6-4-11-25(27)26-12-5-7-15-28(26)33/h1-20H. The molecular weight excluding hydrogens is 416 g/mol. The van der Waals surface area contributed by atoms with Gasteiger partial charge in [0.1, 0.15) is 5.52 Å². The number of hydrogen-bond acceptors (Lipinski definition) is 2. The lowest BCUT2D eigenvalue weighted by atomic mass is 10.0. The Hall–Kier alpha value is -4.63.